The maximum absolute atomic E-state index is 10.2. The summed E-state index contributed by atoms with van der Waals surface area (Å²) < 4.78 is 5.13. The van der Waals surface area contributed by atoms with Crippen LogP contribution < -0.4 is 10.1 Å². The van der Waals surface area contributed by atoms with E-state index in [0.29, 0.717) is 24.3 Å². The predicted octanol–water partition coefficient (Wildman–Crippen LogP) is 2.07. The number of nitrogens with one attached hydrogen (secondary N) is 1. The zero-order chi connectivity index (χ0) is 23.4. The molecule has 0 amide bonds. The Kier molecular flexibility index (Phi) is 10.6. The zero-order valence-corrected chi connectivity index (χ0v) is 17.2. The van der Waals surface area contributed by atoms with Crippen molar-refractivity contribution in [2.75, 3.05) is 13.7 Å². The molecule has 2 aromatic carbocycles. The fourth-order valence-corrected chi connectivity index (χ4v) is 2.57. The molecule has 9 heteroatoms. The van der Waals surface area contributed by atoms with E-state index in [-0.39, 0.29) is 17.5 Å². The van der Waals surface area contributed by atoms with E-state index in [1.807, 2.05) is 31.2 Å². The van der Waals surface area contributed by atoms with E-state index in [4.69, 9.17) is 14.9 Å². The molecule has 0 radical (unpaired) electrons. The van der Waals surface area contributed by atoms with Crippen molar-refractivity contribution < 1.29 is 39.9 Å². The van der Waals surface area contributed by atoms with E-state index in [9.17, 15) is 24.9 Å². The number of phenolic OH excluding ortho intramolecular Hbond substituents is 2. The first kappa shape index (κ1) is 25.5. The maximum atomic E-state index is 10.2. The van der Waals surface area contributed by atoms with Crippen molar-refractivity contribution in [2.45, 2.75) is 25.5 Å². The maximum Gasteiger partial charge on any atom is 0.328 e. The molecule has 6 N–H and O–H groups in total. The van der Waals surface area contributed by atoms with Crippen LogP contribution in [0.4, 0.5) is 0 Å². The molecular weight excluding hydrogens is 406 g/mol. The lowest BCUT2D eigenvalue weighted by Crippen LogP contribution is -2.32. The highest BCUT2D eigenvalue weighted by atomic mass is 16.5. The molecule has 0 saturated heterocycles. The van der Waals surface area contributed by atoms with Gasteiger partial charge in [0.25, 0.3) is 0 Å². The Hall–Kier alpha value is -3.56. The summed E-state index contributed by atoms with van der Waals surface area (Å²) in [7, 11) is 1.64. The molecule has 0 spiro atoms. The van der Waals surface area contributed by atoms with E-state index < -0.39 is 18.0 Å². The van der Waals surface area contributed by atoms with Crippen molar-refractivity contribution >= 4 is 11.9 Å². The minimum atomic E-state index is -1.26. The number of carboxylic acids is 2. The van der Waals surface area contributed by atoms with Gasteiger partial charge in [0.2, 0.25) is 0 Å². The third kappa shape index (κ3) is 10.7. The second kappa shape index (κ2) is 12.9. The number of hydrogen-bond donors (Lipinski definition) is 6. The average molecular weight is 433 g/mol. The molecule has 0 heterocycles. The number of carbonyl (C=O) groups is 2. The molecule has 0 saturated carbocycles. The van der Waals surface area contributed by atoms with E-state index >= 15 is 0 Å². The van der Waals surface area contributed by atoms with E-state index in [1.165, 1.54) is 23.8 Å². The molecule has 9 nitrogen and oxygen atoms in total. The van der Waals surface area contributed by atoms with Gasteiger partial charge in [0.15, 0.2) is 0 Å². The van der Waals surface area contributed by atoms with Crippen LogP contribution in [0.1, 0.15) is 24.2 Å². The first-order valence-electron chi connectivity index (χ1n) is 9.32. The van der Waals surface area contributed by atoms with Crippen LogP contribution in [0, 0.1) is 0 Å². The topological polar surface area (TPSA) is 157 Å². The highest BCUT2D eigenvalue weighted by Gasteiger charge is 2.12. The molecule has 0 fully saturated rings. The number of phenols is 2. The number of aromatic hydroxyl groups is 2. The Labute approximate surface area is 179 Å². The van der Waals surface area contributed by atoms with Gasteiger partial charge in [0, 0.05) is 30.8 Å². The largest absolute Gasteiger partial charge is 0.508 e. The lowest BCUT2D eigenvalue weighted by atomic mass is 10.1. The molecule has 0 unspecified atom stereocenters. The Morgan fingerprint density at radius 2 is 1.52 bits per heavy atom. The number of carboxylic acid groups (broad SMARTS) is 2. The molecule has 31 heavy (non-hydrogen) atoms. The number of hydrogen-bond acceptors (Lipinski definition) is 7. The molecule has 0 bridgehead atoms. The van der Waals surface area contributed by atoms with Gasteiger partial charge in [-0.2, -0.15) is 0 Å². The highest BCUT2D eigenvalue weighted by molar-refractivity contribution is 5.89. The van der Waals surface area contributed by atoms with Gasteiger partial charge in [-0.3, -0.25) is 0 Å². The number of rotatable bonds is 9. The number of aliphatic hydroxyl groups is 1. The summed E-state index contributed by atoms with van der Waals surface area (Å²) in [5.41, 5.74) is 1.65. The first-order chi connectivity index (χ1) is 14.6. The molecule has 0 aromatic heterocycles. The summed E-state index contributed by atoms with van der Waals surface area (Å²) in [6, 6.07) is 12.2. The molecular formula is C22H27NO8. The standard InChI is InChI=1S/C18H23NO4.C4H4O4/c1-12(7-13-3-5-17(23-2)6-4-13)19-11-18(22)14-8-15(20)10-16(21)9-14;5-3(6)1-2-4(7)8/h3-6,8-10,12,18-22H,7,11H2,1-2H3;1-2H,(H,5,6)(H,7,8)/b;2-1+/t12-,18+;/m0./s1. The fourth-order valence-electron chi connectivity index (χ4n) is 2.57. The summed E-state index contributed by atoms with van der Waals surface area (Å²) in [4.78, 5) is 19.1. The molecule has 2 rings (SSSR count). The monoisotopic (exact) mass is 433 g/mol. The van der Waals surface area contributed by atoms with E-state index in [1.54, 1.807) is 7.11 Å². The number of aliphatic hydroxyl groups excluding tert-OH is 1. The summed E-state index contributed by atoms with van der Waals surface area (Å²) >= 11 is 0. The zero-order valence-electron chi connectivity index (χ0n) is 17.2. The van der Waals surface area contributed by atoms with Crippen LogP contribution in [-0.4, -0.2) is 57.2 Å². The SMILES string of the molecule is COc1ccc(C[C@H](C)NC[C@@H](O)c2cc(O)cc(O)c2)cc1.O=C(O)/C=C/C(=O)O. The van der Waals surface area contributed by atoms with Crippen LogP contribution in [0.5, 0.6) is 17.2 Å². The molecule has 0 aliphatic carbocycles. The van der Waals surface area contributed by atoms with Crippen LogP contribution in [-0.2, 0) is 16.0 Å². The van der Waals surface area contributed by atoms with Crippen LogP contribution in [0.15, 0.2) is 54.6 Å². The molecule has 0 aliphatic rings. The number of aliphatic carboxylic acids is 2. The predicted molar refractivity (Wildman–Crippen MR) is 113 cm³/mol. The third-order valence-corrected chi connectivity index (χ3v) is 4.04. The van der Waals surface area contributed by atoms with Crippen LogP contribution in [0.2, 0.25) is 0 Å². The van der Waals surface area contributed by atoms with Crippen molar-refractivity contribution in [1.29, 1.82) is 0 Å². The van der Waals surface area contributed by atoms with Crippen molar-refractivity contribution in [2.24, 2.45) is 0 Å². The van der Waals surface area contributed by atoms with Crippen LogP contribution in [0.3, 0.4) is 0 Å². The summed E-state index contributed by atoms with van der Waals surface area (Å²) in [5, 5.41) is 47.9. The minimum Gasteiger partial charge on any atom is -0.508 e. The quantitative estimate of drug-likeness (QED) is 0.326. The summed E-state index contributed by atoms with van der Waals surface area (Å²) in [5.74, 6) is -1.82. The van der Waals surface area contributed by atoms with Crippen molar-refractivity contribution in [3.05, 3.63) is 65.7 Å². The fraction of sp³-hybridized carbons (Fsp3) is 0.273. The van der Waals surface area contributed by atoms with Crippen LogP contribution in [0.25, 0.3) is 0 Å². The third-order valence-electron chi connectivity index (χ3n) is 4.04. The van der Waals surface area contributed by atoms with Crippen molar-refractivity contribution in [3.63, 3.8) is 0 Å². The molecule has 0 aliphatic heterocycles. The van der Waals surface area contributed by atoms with Gasteiger partial charge in [0.1, 0.15) is 17.2 Å². The van der Waals surface area contributed by atoms with Gasteiger partial charge in [0.05, 0.1) is 13.2 Å². The second-order valence-corrected chi connectivity index (χ2v) is 6.67. The lowest BCUT2D eigenvalue weighted by Gasteiger charge is -2.18. The Bertz CT molecular complexity index is 843. The Morgan fingerprint density at radius 1 is 1.00 bits per heavy atom. The summed E-state index contributed by atoms with van der Waals surface area (Å²) in [6.07, 6.45) is 1.14. The van der Waals surface area contributed by atoms with Gasteiger partial charge in [-0.25, -0.2) is 9.59 Å². The Morgan fingerprint density at radius 3 is 1.97 bits per heavy atom. The minimum absolute atomic E-state index is 0.0645. The van der Waals surface area contributed by atoms with Gasteiger partial charge in [-0.1, -0.05) is 12.1 Å². The number of methoxy groups -OCH3 is 1. The second-order valence-electron chi connectivity index (χ2n) is 6.67. The van der Waals surface area contributed by atoms with Gasteiger partial charge in [-0.15, -0.1) is 0 Å². The van der Waals surface area contributed by atoms with E-state index in [0.717, 1.165) is 12.2 Å². The molecule has 2 atom stereocenters. The van der Waals surface area contributed by atoms with E-state index in [2.05, 4.69) is 5.32 Å². The Balaban J connectivity index is 0.000000512. The van der Waals surface area contributed by atoms with Gasteiger partial charge < -0.3 is 35.6 Å². The molecule has 2 aromatic rings. The van der Waals surface area contributed by atoms with Crippen molar-refractivity contribution in [1.82, 2.24) is 5.32 Å². The smallest absolute Gasteiger partial charge is 0.328 e. The van der Waals surface area contributed by atoms with Crippen LogP contribution >= 0.6 is 0 Å². The highest BCUT2D eigenvalue weighted by Crippen LogP contribution is 2.24. The van der Waals surface area contributed by atoms with Gasteiger partial charge >= 0.3 is 11.9 Å². The summed E-state index contributed by atoms with van der Waals surface area (Å²) in [6.45, 7) is 2.37. The van der Waals surface area contributed by atoms with Crippen molar-refractivity contribution in [3.8, 4) is 17.2 Å². The first-order valence-corrected chi connectivity index (χ1v) is 9.32. The average Bonchev–Trinajstić information content (AvgIpc) is 2.71. The normalized spacial score (nSPS) is 12.5. The number of ether oxygens (including phenoxy) is 1. The molecule has 168 valence electrons. The lowest BCUT2D eigenvalue weighted by molar-refractivity contribution is -0.134. The van der Waals surface area contributed by atoms with Gasteiger partial charge in [-0.05, 0) is 48.7 Å². The number of benzene rings is 2.